The van der Waals surface area contributed by atoms with Crippen LogP contribution in [0.1, 0.15) is 38.8 Å². The van der Waals surface area contributed by atoms with E-state index in [4.69, 9.17) is 16.6 Å². The van der Waals surface area contributed by atoms with E-state index in [2.05, 4.69) is 109 Å². The normalized spacial score (nSPS) is 14.7. The first-order valence-corrected chi connectivity index (χ1v) is 25.6. The van der Waals surface area contributed by atoms with Crippen molar-refractivity contribution in [2.45, 2.75) is 57.2 Å². The molecule has 2 N–H and O–H groups in total. The molecule has 0 aliphatic rings. The average Bonchev–Trinajstić information content (AvgIpc) is 3.13. The Morgan fingerprint density at radius 2 is 1.07 bits per heavy atom. The number of hydrogen-bond donors (Lipinski definition) is 2. The summed E-state index contributed by atoms with van der Waals surface area (Å²) in [6, 6.07) is 41.3. The van der Waals surface area contributed by atoms with Gasteiger partial charge in [-0.05, 0) is 0 Å². The van der Waals surface area contributed by atoms with Gasteiger partial charge in [-0.15, -0.1) is 0 Å². The second kappa shape index (κ2) is 16.3. The van der Waals surface area contributed by atoms with Crippen LogP contribution in [0.3, 0.4) is 0 Å². The molecule has 0 spiro atoms. The summed E-state index contributed by atoms with van der Waals surface area (Å²) >= 11 is 8.34. The van der Waals surface area contributed by atoms with E-state index in [1.165, 1.54) is 0 Å². The number of rotatable bonds is 11. The van der Waals surface area contributed by atoms with Gasteiger partial charge in [-0.3, -0.25) is 0 Å². The van der Waals surface area contributed by atoms with E-state index in [0.717, 1.165) is 21.0 Å². The Morgan fingerprint density at radius 1 is 0.691 bits per heavy atom. The van der Waals surface area contributed by atoms with Crippen LogP contribution in [0.5, 0.6) is 0 Å². The molecular weight excluding hydrogens is 880 g/mol. The van der Waals surface area contributed by atoms with E-state index in [1.54, 1.807) is 0 Å². The summed E-state index contributed by atoms with van der Waals surface area (Å²) in [6.45, 7) is 10.7. The zero-order valence-corrected chi connectivity index (χ0v) is 35.9. The summed E-state index contributed by atoms with van der Waals surface area (Å²) in [6.07, 6.45) is -10.1. The Labute approximate surface area is 338 Å². The van der Waals surface area contributed by atoms with Gasteiger partial charge < -0.3 is 0 Å². The van der Waals surface area contributed by atoms with Crippen molar-refractivity contribution in [3.05, 3.63) is 151 Å². The molecule has 0 bridgehead atoms. The topological polar surface area (TPSA) is 33.3 Å². The maximum absolute atomic E-state index is 13.8. The average molecular weight is 925 g/mol. The second-order valence-electron chi connectivity index (χ2n) is 15.0. The van der Waals surface area contributed by atoms with Crippen LogP contribution in [0.2, 0.25) is 5.04 Å². The van der Waals surface area contributed by atoms with E-state index in [0.29, 0.717) is 18.3 Å². The third-order valence-corrected chi connectivity index (χ3v) is 24.4. The van der Waals surface area contributed by atoms with E-state index < -0.39 is 53.9 Å². The van der Waals surface area contributed by atoms with Gasteiger partial charge in [0.15, 0.2) is 0 Å². The Morgan fingerprint density at radius 3 is 1.44 bits per heavy atom. The fraction of sp³-hybridized carbons (Fsp3) is 0.262. The predicted molar refractivity (Wildman–Crippen MR) is 232 cm³/mol. The first kappa shape index (κ1) is 42.8. The third-order valence-electron chi connectivity index (χ3n) is 9.99. The molecule has 5 rings (SSSR count). The number of halogens is 7. The molecule has 13 heteroatoms. The summed E-state index contributed by atoms with van der Waals surface area (Å²) in [7, 11) is -3.16. The summed E-state index contributed by atoms with van der Waals surface area (Å²) in [5.74, 6) is 0. The molecule has 0 heterocycles. The molecule has 0 amide bonds. The molecule has 0 aliphatic carbocycles. The van der Waals surface area contributed by atoms with E-state index in [9.17, 15) is 26.3 Å². The molecule has 3 nitrogen and oxygen atoms in total. The zero-order chi connectivity index (χ0) is 40.3. The summed E-state index contributed by atoms with van der Waals surface area (Å²) in [5.41, 5.74) is -3.31. The molecule has 0 unspecified atom stereocenters. The molecule has 2 atom stereocenters. The van der Waals surface area contributed by atoms with E-state index >= 15 is 0 Å². The van der Waals surface area contributed by atoms with Crippen molar-refractivity contribution in [3.63, 3.8) is 0 Å². The van der Waals surface area contributed by atoms with Crippen molar-refractivity contribution in [1.82, 2.24) is 5.32 Å². The third kappa shape index (κ3) is 9.47. The standard InChI is InChI=1S/C42H44F6IN2OPSSi/c1-30(52-55(40(2,3)4,36-22-14-8-15-23-36)37-24-16-9-17-25-37)38(29-53(5,49,34-18-10-6-11-19-34)35-20-12-7-13-21-35)51-39(54)50-33-27-31(41(43,44)45)26-32(28-33)42(46,47)48/h6-28,30,38H,29H2,1-5H3,(H2,50,51,54)/t30-,38-/m1/s1. The Bertz CT molecular complexity index is 1950. The molecule has 0 aliphatic heterocycles. The van der Waals surface area contributed by atoms with Gasteiger partial charge in [0.25, 0.3) is 0 Å². The van der Waals surface area contributed by atoms with Gasteiger partial charge in [-0.2, -0.15) is 0 Å². The summed E-state index contributed by atoms with van der Waals surface area (Å²) in [5, 5.41) is 9.84. The van der Waals surface area contributed by atoms with Gasteiger partial charge >= 0.3 is 341 Å². The van der Waals surface area contributed by atoms with E-state index in [-0.39, 0.29) is 16.2 Å². The van der Waals surface area contributed by atoms with Gasteiger partial charge in [0.1, 0.15) is 0 Å². The molecule has 0 radical (unpaired) electrons. The minimum atomic E-state index is -5.01. The van der Waals surface area contributed by atoms with Crippen molar-refractivity contribution in [2.75, 3.05) is 18.1 Å². The SMILES string of the molecule is C[C@@H](O[Si](c1ccccc1)(c1ccccc1)C(C)(C)C)[C@@H](CP(C)(I)(c1ccccc1)c1ccccc1)NC(=S)Nc1cc(C(F)(F)F)cc(C(F)(F)F)c1. The van der Waals surface area contributed by atoms with Gasteiger partial charge in [-0.25, -0.2) is 0 Å². The van der Waals surface area contributed by atoms with Crippen LogP contribution in [0.25, 0.3) is 0 Å². The molecule has 0 fully saturated rings. The number of benzene rings is 5. The molecule has 0 aromatic heterocycles. The number of alkyl halides is 6. The molecule has 5 aromatic carbocycles. The van der Waals surface area contributed by atoms with Gasteiger partial charge in [0.2, 0.25) is 0 Å². The van der Waals surface area contributed by atoms with Gasteiger partial charge in [-0.1, -0.05) is 0 Å². The minimum absolute atomic E-state index is 0.0977. The molecule has 0 saturated carbocycles. The maximum atomic E-state index is 13.8. The summed E-state index contributed by atoms with van der Waals surface area (Å²) < 4.78 is 87.3. The van der Waals surface area contributed by atoms with Crippen LogP contribution < -0.4 is 31.6 Å². The van der Waals surface area contributed by atoms with Crippen LogP contribution in [-0.2, 0) is 16.8 Å². The molecule has 292 valence electrons. The number of nitrogens with one attached hydrogen (secondary N) is 2. The number of hydrogen-bond acceptors (Lipinski definition) is 2. The van der Waals surface area contributed by atoms with Crippen LogP contribution in [0, 0.1) is 0 Å². The second-order valence-corrected chi connectivity index (χ2v) is 32.2. The first-order valence-electron chi connectivity index (χ1n) is 17.6. The Kier molecular flexibility index (Phi) is 12.7. The van der Waals surface area contributed by atoms with Crippen LogP contribution >= 0.6 is 38.5 Å². The van der Waals surface area contributed by atoms with Gasteiger partial charge in [0, 0.05) is 0 Å². The van der Waals surface area contributed by atoms with E-state index in [1.807, 2.05) is 79.7 Å². The van der Waals surface area contributed by atoms with Crippen molar-refractivity contribution in [2.24, 2.45) is 0 Å². The molecule has 0 saturated heterocycles. The van der Waals surface area contributed by atoms with Crippen LogP contribution in [0.15, 0.2) is 140 Å². The van der Waals surface area contributed by atoms with Crippen LogP contribution in [0.4, 0.5) is 32.0 Å². The zero-order valence-electron chi connectivity index (χ0n) is 31.1. The summed E-state index contributed by atoms with van der Waals surface area (Å²) in [4.78, 5) is 0. The fourth-order valence-electron chi connectivity index (χ4n) is 7.18. The predicted octanol–water partition coefficient (Wildman–Crippen LogP) is 10.5. The van der Waals surface area contributed by atoms with Gasteiger partial charge in [0.05, 0.1) is 0 Å². The van der Waals surface area contributed by atoms with Crippen molar-refractivity contribution < 1.29 is 30.8 Å². The first-order chi connectivity index (χ1) is 25.6. The molecule has 5 aromatic rings. The van der Waals surface area contributed by atoms with Crippen molar-refractivity contribution in [1.29, 1.82) is 0 Å². The van der Waals surface area contributed by atoms with Crippen molar-refractivity contribution >= 4 is 78.6 Å². The number of thiocarbonyl (C=S) groups is 1. The number of anilines is 1. The van der Waals surface area contributed by atoms with Crippen molar-refractivity contribution in [3.8, 4) is 0 Å². The molecular formula is C42H44F6IN2OPSSi. The quantitative estimate of drug-likeness (QED) is 0.0455. The molecule has 55 heavy (non-hydrogen) atoms. The fourth-order valence-corrected chi connectivity index (χ4v) is 19.3. The van der Waals surface area contributed by atoms with Crippen LogP contribution in [-0.4, -0.2) is 38.4 Å². The Hall–Kier alpha value is -3.29. The Balaban J connectivity index is 1.66. The monoisotopic (exact) mass is 924 g/mol.